The van der Waals surface area contributed by atoms with E-state index >= 15 is 0 Å². The summed E-state index contributed by atoms with van der Waals surface area (Å²) in [7, 11) is 1.84. The van der Waals surface area contributed by atoms with Gasteiger partial charge in [-0.1, -0.05) is 0 Å². The quantitative estimate of drug-likeness (QED) is 0.890. The van der Waals surface area contributed by atoms with E-state index in [4.69, 9.17) is 0 Å². The first kappa shape index (κ1) is 16.0. The van der Waals surface area contributed by atoms with Gasteiger partial charge in [-0.2, -0.15) is 5.10 Å². The highest BCUT2D eigenvalue weighted by atomic mass is 79.9. The third-order valence-electron chi connectivity index (χ3n) is 4.27. The number of hydrogen-bond acceptors (Lipinski definition) is 4. The SMILES string of the molecule is Cc1cc(C(=O)NC2CCN(c3ccncc3Br)CC2)nn1C. The van der Waals surface area contributed by atoms with E-state index in [1.807, 2.05) is 32.3 Å². The fraction of sp³-hybridized carbons (Fsp3) is 0.438. The fourth-order valence-electron chi connectivity index (χ4n) is 2.82. The second kappa shape index (κ2) is 6.70. The van der Waals surface area contributed by atoms with Crippen molar-refractivity contribution in [2.75, 3.05) is 18.0 Å². The first-order valence-electron chi connectivity index (χ1n) is 7.70. The zero-order chi connectivity index (χ0) is 16.4. The Morgan fingerprint density at radius 3 is 2.74 bits per heavy atom. The molecule has 23 heavy (non-hydrogen) atoms. The molecule has 1 aliphatic heterocycles. The fourth-order valence-corrected chi connectivity index (χ4v) is 3.32. The predicted molar refractivity (Wildman–Crippen MR) is 92.6 cm³/mol. The van der Waals surface area contributed by atoms with E-state index in [2.05, 4.69) is 36.2 Å². The van der Waals surface area contributed by atoms with Gasteiger partial charge in [0.1, 0.15) is 5.69 Å². The van der Waals surface area contributed by atoms with Crippen molar-refractivity contribution in [3.63, 3.8) is 0 Å². The van der Waals surface area contributed by atoms with Crippen LogP contribution < -0.4 is 10.2 Å². The Balaban J connectivity index is 1.57. The average Bonchev–Trinajstić information content (AvgIpc) is 2.88. The van der Waals surface area contributed by atoms with Crippen molar-refractivity contribution in [1.29, 1.82) is 0 Å². The van der Waals surface area contributed by atoms with Gasteiger partial charge in [-0.15, -0.1) is 0 Å². The van der Waals surface area contributed by atoms with E-state index in [9.17, 15) is 4.79 Å². The molecule has 0 spiro atoms. The van der Waals surface area contributed by atoms with Crippen molar-refractivity contribution in [1.82, 2.24) is 20.1 Å². The van der Waals surface area contributed by atoms with Gasteiger partial charge in [0.15, 0.2) is 0 Å². The maximum atomic E-state index is 12.3. The minimum absolute atomic E-state index is 0.0859. The number of anilines is 1. The highest BCUT2D eigenvalue weighted by molar-refractivity contribution is 9.10. The van der Waals surface area contributed by atoms with Crippen LogP contribution in [-0.4, -0.2) is 39.8 Å². The molecule has 0 unspecified atom stereocenters. The van der Waals surface area contributed by atoms with Crippen LogP contribution in [0.25, 0.3) is 0 Å². The van der Waals surface area contributed by atoms with Gasteiger partial charge in [-0.25, -0.2) is 0 Å². The van der Waals surface area contributed by atoms with Crippen molar-refractivity contribution in [2.24, 2.45) is 7.05 Å². The van der Waals surface area contributed by atoms with E-state index in [0.717, 1.165) is 41.8 Å². The van der Waals surface area contributed by atoms with Gasteiger partial charge >= 0.3 is 0 Å². The Labute approximate surface area is 144 Å². The molecule has 7 heteroatoms. The number of aryl methyl sites for hydroxylation is 2. The minimum atomic E-state index is -0.0859. The molecule has 1 aliphatic rings. The highest BCUT2D eigenvalue weighted by Gasteiger charge is 2.23. The highest BCUT2D eigenvalue weighted by Crippen LogP contribution is 2.27. The second-order valence-electron chi connectivity index (χ2n) is 5.86. The molecule has 2 aromatic heterocycles. The summed E-state index contributed by atoms with van der Waals surface area (Å²) in [5.74, 6) is -0.0859. The number of aromatic nitrogens is 3. The summed E-state index contributed by atoms with van der Waals surface area (Å²) >= 11 is 3.54. The summed E-state index contributed by atoms with van der Waals surface area (Å²) in [6.07, 6.45) is 5.46. The van der Waals surface area contributed by atoms with Crippen molar-refractivity contribution in [3.05, 3.63) is 40.4 Å². The van der Waals surface area contributed by atoms with Crippen LogP contribution in [0.5, 0.6) is 0 Å². The van der Waals surface area contributed by atoms with Crippen LogP contribution in [0.3, 0.4) is 0 Å². The normalized spacial score (nSPS) is 15.7. The summed E-state index contributed by atoms with van der Waals surface area (Å²) in [6.45, 7) is 3.76. The van der Waals surface area contributed by atoms with Crippen LogP contribution in [0.1, 0.15) is 29.0 Å². The number of carbonyl (C=O) groups is 1. The average molecular weight is 378 g/mol. The molecule has 3 heterocycles. The van der Waals surface area contributed by atoms with Gasteiger partial charge in [-0.3, -0.25) is 14.5 Å². The summed E-state index contributed by atoms with van der Waals surface area (Å²) in [5.41, 5.74) is 2.63. The third-order valence-corrected chi connectivity index (χ3v) is 4.88. The molecule has 0 aliphatic carbocycles. The lowest BCUT2D eigenvalue weighted by Crippen LogP contribution is -2.45. The first-order valence-corrected chi connectivity index (χ1v) is 8.50. The van der Waals surface area contributed by atoms with Gasteiger partial charge < -0.3 is 10.2 Å². The largest absolute Gasteiger partial charge is 0.370 e. The Bertz CT molecular complexity index is 687. The van der Waals surface area contributed by atoms with Crippen molar-refractivity contribution < 1.29 is 4.79 Å². The lowest BCUT2D eigenvalue weighted by molar-refractivity contribution is 0.0925. The van der Waals surface area contributed by atoms with Crippen LogP contribution in [0.15, 0.2) is 29.0 Å². The number of nitrogens with zero attached hydrogens (tertiary/aromatic N) is 4. The number of rotatable bonds is 3. The molecule has 1 fully saturated rings. The van der Waals surface area contributed by atoms with Crippen LogP contribution in [0.4, 0.5) is 5.69 Å². The second-order valence-corrected chi connectivity index (χ2v) is 6.71. The molecule has 0 atom stereocenters. The van der Waals surface area contributed by atoms with E-state index in [0.29, 0.717) is 5.69 Å². The van der Waals surface area contributed by atoms with Crippen molar-refractivity contribution >= 4 is 27.5 Å². The molecule has 1 amide bonds. The first-order chi connectivity index (χ1) is 11.0. The number of piperidine rings is 1. The van der Waals surface area contributed by atoms with Gasteiger partial charge in [0.05, 0.1) is 10.2 Å². The minimum Gasteiger partial charge on any atom is -0.370 e. The van der Waals surface area contributed by atoms with Gasteiger partial charge in [-0.05, 0) is 47.8 Å². The molecular formula is C16H20BrN5O. The maximum Gasteiger partial charge on any atom is 0.272 e. The molecular weight excluding hydrogens is 358 g/mol. The molecule has 0 saturated carbocycles. The Kier molecular flexibility index (Phi) is 4.66. The number of hydrogen-bond donors (Lipinski definition) is 1. The van der Waals surface area contributed by atoms with Crippen LogP contribution in [0.2, 0.25) is 0 Å². The Morgan fingerprint density at radius 2 is 2.13 bits per heavy atom. The van der Waals surface area contributed by atoms with E-state index in [1.54, 1.807) is 10.9 Å². The van der Waals surface area contributed by atoms with Crippen molar-refractivity contribution in [3.8, 4) is 0 Å². The number of pyridine rings is 1. The Morgan fingerprint density at radius 1 is 1.39 bits per heavy atom. The number of amides is 1. The van der Waals surface area contributed by atoms with Crippen LogP contribution in [-0.2, 0) is 7.05 Å². The maximum absolute atomic E-state index is 12.3. The third kappa shape index (κ3) is 3.55. The molecule has 0 radical (unpaired) electrons. The molecule has 6 nitrogen and oxygen atoms in total. The number of carbonyl (C=O) groups excluding carboxylic acids is 1. The van der Waals surface area contributed by atoms with Gasteiger partial charge in [0, 0.05) is 44.3 Å². The zero-order valence-electron chi connectivity index (χ0n) is 13.3. The standard InChI is InChI=1S/C16H20BrN5O/c1-11-9-14(20-21(11)2)16(23)19-12-4-7-22(8-5-12)15-3-6-18-10-13(15)17/h3,6,9-10,12H,4-5,7-8H2,1-2H3,(H,19,23). The molecule has 0 aromatic carbocycles. The summed E-state index contributed by atoms with van der Waals surface area (Å²) < 4.78 is 2.73. The lowest BCUT2D eigenvalue weighted by Gasteiger charge is -2.34. The van der Waals surface area contributed by atoms with E-state index < -0.39 is 0 Å². The van der Waals surface area contributed by atoms with Crippen LogP contribution in [0, 0.1) is 6.92 Å². The van der Waals surface area contributed by atoms with E-state index in [-0.39, 0.29) is 11.9 Å². The van der Waals surface area contributed by atoms with E-state index in [1.165, 1.54) is 0 Å². The molecule has 122 valence electrons. The predicted octanol–water partition coefficient (Wildman–Crippen LogP) is 2.28. The van der Waals surface area contributed by atoms with Gasteiger partial charge in [0.2, 0.25) is 0 Å². The zero-order valence-corrected chi connectivity index (χ0v) is 14.9. The summed E-state index contributed by atoms with van der Waals surface area (Å²) in [6, 6.07) is 4.03. The van der Waals surface area contributed by atoms with Crippen molar-refractivity contribution in [2.45, 2.75) is 25.8 Å². The summed E-state index contributed by atoms with van der Waals surface area (Å²) in [4.78, 5) is 18.7. The topological polar surface area (TPSA) is 63.1 Å². The molecule has 0 bridgehead atoms. The van der Waals surface area contributed by atoms with Gasteiger partial charge in [0.25, 0.3) is 5.91 Å². The smallest absolute Gasteiger partial charge is 0.272 e. The summed E-state index contributed by atoms with van der Waals surface area (Å²) in [5, 5.41) is 7.33. The molecule has 1 N–H and O–H groups in total. The lowest BCUT2D eigenvalue weighted by atomic mass is 10.0. The number of halogens is 1. The Hall–Kier alpha value is -1.89. The molecule has 2 aromatic rings. The molecule has 1 saturated heterocycles. The number of nitrogens with one attached hydrogen (secondary N) is 1. The molecule has 3 rings (SSSR count). The van der Waals surface area contributed by atoms with Crippen LogP contribution >= 0.6 is 15.9 Å². The monoisotopic (exact) mass is 377 g/mol.